The van der Waals surface area contributed by atoms with Gasteiger partial charge in [0.1, 0.15) is 0 Å². The quantitative estimate of drug-likeness (QED) is 0.793. The Hall–Kier alpha value is -0.330. The van der Waals surface area contributed by atoms with Crippen molar-refractivity contribution in [2.24, 2.45) is 17.6 Å². The lowest BCUT2D eigenvalue weighted by Crippen LogP contribution is -2.43. The van der Waals surface area contributed by atoms with Gasteiger partial charge >= 0.3 is 0 Å². The normalized spacial score (nSPS) is 18.4. The molecule has 0 spiro atoms. The number of hydrogen-bond donors (Lipinski definition) is 1. The first-order valence-electron chi connectivity index (χ1n) is 7.45. The number of carbonyl (C=O) groups is 1. The lowest BCUT2D eigenvalue weighted by Gasteiger charge is -2.33. The highest BCUT2D eigenvalue weighted by Crippen LogP contribution is 2.20. The van der Waals surface area contributed by atoms with Crippen LogP contribution in [0.4, 0.5) is 0 Å². The second kappa shape index (κ2) is 8.96. The van der Waals surface area contributed by atoms with Gasteiger partial charge in [-0.05, 0) is 31.6 Å². The van der Waals surface area contributed by atoms with E-state index in [-0.39, 0.29) is 48.2 Å². The van der Waals surface area contributed by atoms with E-state index in [1.165, 1.54) is 0 Å². The van der Waals surface area contributed by atoms with E-state index in [2.05, 4.69) is 0 Å². The van der Waals surface area contributed by atoms with E-state index in [4.69, 9.17) is 5.73 Å². The minimum Gasteiger partial charge on any atom is -0.343 e. The molecule has 2 N–H and O–H groups in total. The smallest absolute Gasteiger partial charge is 0.223 e. The van der Waals surface area contributed by atoms with Gasteiger partial charge in [-0.1, -0.05) is 13.8 Å². The summed E-state index contributed by atoms with van der Waals surface area (Å²) in [5.74, 6) is 0.672. The SMILES string of the molecule is CC(C)CS(=O)(=O)CCC(=O)N1CCC(C(C)N)CC1.Cl. The van der Waals surface area contributed by atoms with Crippen molar-refractivity contribution < 1.29 is 13.2 Å². The molecular formula is C14H29ClN2O3S. The first kappa shape index (κ1) is 20.7. The Labute approximate surface area is 135 Å². The minimum absolute atomic E-state index is 0. The van der Waals surface area contributed by atoms with Crippen LogP contribution >= 0.6 is 12.4 Å². The van der Waals surface area contributed by atoms with Gasteiger partial charge in [0.25, 0.3) is 0 Å². The summed E-state index contributed by atoms with van der Waals surface area (Å²) < 4.78 is 23.6. The zero-order chi connectivity index (χ0) is 15.3. The number of sulfone groups is 1. The summed E-state index contributed by atoms with van der Waals surface area (Å²) in [5.41, 5.74) is 5.87. The maximum atomic E-state index is 12.0. The highest BCUT2D eigenvalue weighted by molar-refractivity contribution is 7.91. The van der Waals surface area contributed by atoms with Gasteiger partial charge in [-0.25, -0.2) is 8.42 Å². The van der Waals surface area contributed by atoms with Crippen molar-refractivity contribution in [3.05, 3.63) is 0 Å². The molecule has 126 valence electrons. The molecule has 0 bridgehead atoms. The minimum atomic E-state index is -3.11. The van der Waals surface area contributed by atoms with Crippen molar-refractivity contribution in [2.45, 2.75) is 46.1 Å². The summed E-state index contributed by atoms with van der Waals surface area (Å²) in [4.78, 5) is 13.8. The highest BCUT2D eigenvalue weighted by atomic mass is 35.5. The predicted molar refractivity (Wildman–Crippen MR) is 88.3 cm³/mol. The fourth-order valence-corrected chi connectivity index (χ4v) is 4.33. The molecule has 7 heteroatoms. The average Bonchev–Trinajstić information content (AvgIpc) is 2.34. The summed E-state index contributed by atoms with van der Waals surface area (Å²) in [6.07, 6.45) is 1.95. The maximum absolute atomic E-state index is 12.0. The fraction of sp³-hybridized carbons (Fsp3) is 0.929. The second-order valence-electron chi connectivity index (χ2n) is 6.34. The van der Waals surface area contributed by atoms with Gasteiger partial charge < -0.3 is 10.6 Å². The molecular weight excluding hydrogens is 312 g/mol. The largest absolute Gasteiger partial charge is 0.343 e. The maximum Gasteiger partial charge on any atom is 0.223 e. The topological polar surface area (TPSA) is 80.5 Å². The Kier molecular flexibility index (Phi) is 8.81. The third kappa shape index (κ3) is 7.47. The number of likely N-dealkylation sites (tertiary alicyclic amines) is 1. The van der Waals surface area contributed by atoms with Gasteiger partial charge in [0, 0.05) is 25.6 Å². The second-order valence-corrected chi connectivity index (χ2v) is 8.56. The molecule has 1 atom stereocenters. The summed E-state index contributed by atoms with van der Waals surface area (Å²) in [6, 6.07) is 0.165. The number of rotatable bonds is 6. The van der Waals surface area contributed by atoms with Crippen LogP contribution in [0.15, 0.2) is 0 Å². The van der Waals surface area contributed by atoms with Crippen LogP contribution in [0.3, 0.4) is 0 Å². The van der Waals surface area contributed by atoms with Crippen LogP contribution in [0, 0.1) is 11.8 Å². The van der Waals surface area contributed by atoms with E-state index in [1.807, 2.05) is 20.8 Å². The highest BCUT2D eigenvalue weighted by Gasteiger charge is 2.25. The Morgan fingerprint density at radius 3 is 2.19 bits per heavy atom. The Morgan fingerprint density at radius 1 is 1.24 bits per heavy atom. The molecule has 1 unspecified atom stereocenters. The van der Waals surface area contributed by atoms with Crippen molar-refractivity contribution in [1.82, 2.24) is 4.90 Å². The number of nitrogens with two attached hydrogens (primary N) is 1. The zero-order valence-electron chi connectivity index (χ0n) is 13.2. The number of halogens is 1. The van der Waals surface area contributed by atoms with Crippen LogP contribution < -0.4 is 5.73 Å². The molecule has 0 saturated carbocycles. The molecule has 0 aliphatic carbocycles. The zero-order valence-corrected chi connectivity index (χ0v) is 14.9. The van der Waals surface area contributed by atoms with E-state index in [1.54, 1.807) is 4.90 Å². The van der Waals surface area contributed by atoms with Gasteiger partial charge in [-0.3, -0.25) is 4.79 Å². The van der Waals surface area contributed by atoms with Crippen molar-refractivity contribution in [3.63, 3.8) is 0 Å². The lowest BCUT2D eigenvalue weighted by atomic mass is 9.91. The molecule has 1 heterocycles. The molecule has 1 saturated heterocycles. The van der Waals surface area contributed by atoms with E-state index in [0.717, 1.165) is 12.8 Å². The van der Waals surface area contributed by atoms with Crippen LogP contribution in [0.5, 0.6) is 0 Å². The van der Waals surface area contributed by atoms with Gasteiger partial charge in [-0.2, -0.15) is 0 Å². The summed E-state index contributed by atoms with van der Waals surface area (Å²) in [6.45, 7) is 7.15. The van der Waals surface area contributed by atoms with Gasteiger partial charge in [0.15, 0.2) is 9.84 Å². The molecule has 0 radical (unpaired) electrons. The molecule has 1 fully saturated rings. The van der Waals surface area contributed by atoms with Crippen LogP contribution in [-0.4, -0.2) is 49.9 Å². The van der Waals surface area contributed by atoms with E-state index >= 15 is 0 Å². The monoisotopic (exact) mass is 340 g/mol. The van der Waals surface area contributed by atoms with Gasteiger partial charge in [-0.15, -0.1) is 12.4 Å². The molecule has 1 amide bonds. The van der Waals surface area contributed by atoms with Crippen molar-refractivity contribution in [3.8, 4) is 0 Å². The van der Waals surface area contributed by atoms with Crippen molar-refractivity contribution in [2.75, 3.05) is 24.6 Å². The standard InChI is InChI=1S/C14H28N2O3S.ClH/c1-11(2)10-20(18,19)9-6-14(17)16-7-4-13(5-8-16)12(3)15;/h11-13H,4-10,15H2,1-3H3;1H. The summed E-state index contributed by atoms with van der Waals surface area (Å²) >= 11 is 0. The molecule has 0 aromatic heterocycles. The molecule has 1 rings (SSSR count). The molecule has 1 aliphatic heterocycles. The molecule has 0 aromatic carbocycles. The molecule has 5 nitrogen and oxygen atoms in total. The molecule has 21 heavy (non-hydrogen) atoms. The lowest BCUT2D eigenvalue weighted by molar-refractivity contribution is -0.132. The molecule has 0 aromatic rings. The number of nitrogens with zero attached hydrogens (tertiary/aromatic N) is 1. The Bertz CT molecular complexity index is 416. The van der Waals surface area contributed by atoms with Crippen LogP contribution in [0.1, 0.15) is 40.0 Å². The van der Waals surface area contributed by atoms with Crippen LogP contribution in [-0.2, 0) is 14.6 Å². The van der Waals surface area contributed by atoms with Crippen LogP contribution in [0.25, 0.3) is 0 Å². The third-order valence-electron chi connectivity index (χ3n) is 3.85. The molecule has 1 aliphatic rings. The predicted octanol–water partition coefficient (Wildman–Crippen LogP) is 1.45. The van der Waals surface area contributed by atoms with E-state index in [9.17, 15) is 13.2 Å². The Morgan fingerprint density at radius 2 is 1.76 bits per heavy atom. The van der Waals surface area contributed by atoms with Gasteiger partial charge in [0.2, 0.25) is 5.91 Å². The van der Waals surface area contributed by atoms with E-state index in [0.29, 0.717) is 19.0 Å². The number of piperidine rings is 1. The first-order chi connectivity index (χ1) is 9.21. The van der Waals surface area contributed by atoms with Crippen molar-refractivity contribution >= 4 is 28.2 Å². The summed E-state index contributed by atoms with van der Waals surface area (Å²) in [5, 5.41) is 0. The van der Waals surface area contributed by atoms with E-state index < -0.39 is 9.84 Å². The van der Waals surface area contributed by atoms with Crippen LogP contribution in [0.2, 0.25) is 0 Å². The third-order valence-corrected chi connectivity index (χ3v) is 5.85. The van der Waals surface area contributed by atoms with Gasteiger partial charge in [0.05, 0.1) is 11.5 Å². The fourth-order valence-electron chi connectivity index (χ4n) is 2.67. The first-order valence-corrected chi connectivity index (χ1v) is 9.27. The number of amides is 1. The Balaban J connectivity index is 0.00000400. The number of hydrogen-bond acceptors (Lipinski definition) is 4. The van der Waals surface area contributed by atoms with Crippen molar-refractivity contribution in [1.29, 1.82) is 0 Å². The number of carbonyl (C=O) groups excluding carboxylic acids is 1. The summed E-state index contributed by atoms with van der Waals surface area (Å²) in [7, 11) is -3.11. The average molecular weight is 341 g/mol.